The largest absolute Gasteiger partial charge is 0.409 e. The highest BCUT2D eigenvalue weighted by molar-refractivity contribution is 6.06. The van der Waals surface area contributed by atoms with E-state index in [1.807, 2.05) is 0 Å². The van der Waals surface area contributed by atoms with Crippen LogP contribution in [0.1, 0.15) is 51.9 Å². The van der Waals surface area contributed by atoms with Crippen molar-refractivity contribution in [2.45, 2.75) is 57.9 Å². The number of nitrogens with one attached hydrogen (secondary N) is 1. The molecule has 20 heavy (non-hydrogen) atoms. The summed E-state index contributed by atoms with van der Waals surface area (Å²) >= 11 is 0. The molecule has 114 valence electrons. The van der Waals surface area contributed by atoms with E-state index in [1.165, 1.54) is 0 Å². The first-order chi connectivity index (χ1) is 9.42. The van der Waals surface area contributed by atoms with Gasteiger partial charge < -0.3 is 22.0 Å². The third-order valence-corrected chi connectivity index (χ3v) is 3.87. The van der Waals surface area contributed by atoms with Crippen LogP contribution in [0.25, 0.3) is 0 Å². The van der Waals surface area contributed by atoms with Gasteiger partial charge >= 0.3 is 0 Å². The molecule has 6 N–H and O–H groups in total. The Morgan fingerprint density at radius 1 is 1.25 bits per heavy atom. The van der Waals surface area contributed by atoms with Crippen LogP contribution in [0, 0.1) is 5.41 Å². The Hall–Kier alpha value is -1.79. The molecule has 0 aliphatic heterocycles. The van der Waals surface area contributed by atoms with Crippen molar-refractivity contribution < 1.29 is 14.8 Å². The Morgan fingerprint density at radius 3 is 2.25 bits per heavy atom. The molecular formula is C13H24N4O3. The van der Waals surface area contributed by atoms with Gasteiger partial charge in [0.25, 0.3) is 0 Å². The molecule has 0 bridgehead atoms. The smallest absolute Gasteiger partial charge is 0.234 e. The van der Waals surface area contributed by atoms with E-state index >= 15 is 0 Å². The van der Waals surface area contributed by atoms with E-state index in [1.54, 1.807) is 6.92 Å². The van der Waals surface area contributed by atoms with Crippen molar-refractivity contribution >= 4 is 17.6 Å². The Labute approximate surface area is 118 Å². The molecular weight excluding hydrogens is 260 g/mol. The average Bonchev–Trinajstić information content (AvgIpc) is 2.63. The SMILES string of the molecule is CC(CC(N)=O)NC(=O)C1(C(N)=NO)CCCCCC1. The van der Waals surface area contributed by atoms with Gasteiger partial charge in [-0.2, -0.15) is 0 Å². The number of hydrogen-bond acceptors (Lipinski definition) is 4. The van der Waals surface area contributed by atoms with Crippen molar-refractivity contribution in [3.8, 4) is 0 Å². The summed E-state index contributed by atoms with van der Waals surface area (Å²) in [4.78, 5) is 23.4. The van der Waals surface area contributed by atoms with E-state index in [2.05, 4.69) is 10.5 Å². The average molecular weight is 284 g/mol. The van der Waals surface area contributed by atoms with Crippen LogP contribution in [-0.2, 0) is 9.59 Å². The number of amidine groups is 1. The molecule has 0 spiro atoms. The molecule has 2 amide bonds. The van der Waals surface area contributed by atoms with Crippen LogP contribution in [-0.4, -0.2) is 28.9 Å². The van der Waals surface area contributed by atoms with Crippen LogP contribution in [0.2, 0.25) is 0 Å². The topological polar surface area (TPSA) is 131 Å². The fraction of sp³-hybridized carbons (Fsp3) is 0.769. The fourth-order valence-electron chi connectivity index (χ4n) is 2.74. The molecule has 1 atom stereocenters. The zero-order chi connectivity index (χ0) is 15.2. The Balaban J connectivity index is 2.87. The molecule has 0 radical (unpaired) electrons. The molecule has 1 aliphatic rings. The van der Waals surface area contributed by atoms with Crippen molar-refractivity contribution in [2.24, 2.45) is 22.0 Å². The maximum absolute atomic E-state index is 12.5. The number of carbonyl (C=O) groups excluding carboxylic acids is 2. The van der Waals surface area contributed by atoms with E-state index in [0.717, 1.165) is 25.7 Å². The van der Waals surface area contributed by atoms with Crippen molar-refractivity contribution in [2.75, 3.05) is 0 Å². The Kier molecular flexibility index (Phi) is 5.79. The molecule has 1 rings (SSSR count). The highest BCUT2D eigenvalue weighted by Crippen LogP contribution is 2.35. The van der Waals surface area contributed by atoms with Crippen LogP contribution in [0.4, 0.5) is 0 Å². The molecule has 0 saturated heterocycles. The lowest BCUT2D eigenvalue weighted by atomic mass is 9.78. The first-order valence-electron chi connectivity index (χ1n) is 6.99. The highest BCUT2D eigenvalue weighted by atomic mass is 16.4. The third kappa shape index (κ3) is 3.85. The van der Waals surface area contributed by atoms with Gasteiger partial charge in [-0.25, -0.2) is 0 Å². The molecule has 0 aromatic carbocycles. The van der Waals surface area contributed by atoms with Gasteiger partial charge in [0.15, 0.2) is 5.84 Å². The molecule has 1 fully saturated rings. The quantitative estimate of drug-likeness (QED) is 0.192. The predicted octanol–water partition coefficient (Wildman–Crippen LogP) is 0.454. The van der Waals surface area contributed by atoms with Gasteiger partial charge in [-0.3, -0.25) is 9.59 Å². The number of carbonyl (C=O) groups is 2. The molecule has 1 aliphatic carbocycles. The van der Waals surface area contributed by atoms with Crippen LogP contribution < -0.4 is 16.8 Å². The summed E-state index contributed by atoms with van der Waals surface area (Å²) in [5.74, 6) is -0.817. The summed E-state index contributed by atoms with van der Waals surface area (Å²) in [5.41, 5.74) is 9.92. The number of primary amides is 1. The van der Waals surface area contributed by atoms with Crippen LogP contribution in [0.15, 0.2) is 5.16 Å². The summed E-state index contributed by atoms with van der Waals surface area (Å²) in [7, 11) is 0. The van der Waals surface area contributed by atoms with E-state index in [4.69, 9.17) is 16.7 Å². The molecule has 1 saturated carbocycles. The van der Waals surface area contributed by atoms with Gasteiger partial charge in [0.05, 0.1) is 0 Å². The zero-order valence-electron chi connectivity index (χ0n) is 11.9. The summed E-state index contributed by atoms with van der Waals surface area (Å²) in [6.07, 6.45) is 4.95. The standard InChI is InChI=1S/C13H24N4O3/c1-9(8-10(14)18)16-12(19)13(11(15)17-20)6-4-2-3-5-7-13/h9,20H,2-8H2,1H3,(H2,14,18)(H2,15,17)(H,16,19). The number of hydrogen-bond donors (Lipinski definition) is 4. The number of nitrogens with zero attached hydrogens (tertiary/aromatic N) is 1. The zero-order valence-corrected chi connectivity index (χ0v) is 11.9. The minimum atomic E-state index is -0.975. The second kappa shape index (κ2) is 7.12. The highest BCUT2D eigenvalue weighted by Gasteiger charge is 2.43. The summed E-state index contributed by atoms with van der Waals surface area (Å²) in [6, 6.07) is -0.369. The van der Waals surface area contributed by atoms with Crippen LogP contribution in [0.3, 0.4) is 0 Å². The van der Waals surface area contributed by atoms with Crippen molar-refractivity contribution in [3.63, 3.8) is 0 Å². The van der Waals surface area contributed by atoms with Gasteiger partial charge in [0.2, 0.25) is 11.8 Å². The Bertz CT molecular complexity index is 387. The van der Waals surface area contributed by atoms with Gasteiger partial charge in [-0.05, 0) is 19.8 Å². The fourth-order valence-corrected chi connectivity index (χ4v) is 2.74. The van der Waals surface area contributed by atoms with E-state index in [-0.39, 0.29) is 24.2 Å². The maximum atomic E-state index is 12.5. The lowest BCUT2D eigenvalue weighted by Gasteiger charge is -2.31. The molecule has 7 heteroatoms. The van der Waals surface area contributed by atoms with Gasteiger partial charge in [-0.1, -0.05) is 30.8 Å². The maximum Gasteiger partial charge on any atom is 0.234 e. The van der Waals surface area contributed by atoms with Gasteiger partial charge in [-0.15, -0.1) is 0 Å². The molecule has 7 nitrogen and oxygen atoms in total. The lowest BCUT2D eigenvalue weighted by molar-refractivity contribution is -0.129. The number of amides is 2. The second-order valence-corrected chi connectivity index (χ2v) is 5.53. The summed E-state index contributed by atoms with van der Waals surface area (Å²) < 4.78 is 0. The monoisotopic (exact) mass is 284 g/mol. The van der Waals surface area contributed by atoms with Crippen molar-refractivity contribution in [1.82, 2.24) is 5.32 Å². The van der Waals surface area contributed by atoms with Gasteiger partial charge in [0, 0.05) is 12.5 Å². The predicted molar refractivity (Wildman–Crippen MR) is 75.0 cm³/mol. The van der Waals surface area contributed by atoms with E-state index in [9.17, 15) is 9.59 Å². The van der Waals surface area contributed by atoms with Gasteiger partial charge in [0.1, 0.15) is 5.41 Å². The second-order valence-electron chi connectivity index (χ2n) is 5.53. The first kappa shape index (κ1) is 16.3. The minimum absolute atomic E-state index is 0.0526. The summed E-state index contributed by atoms with van der Waals surface area (Å²) in [6.45, 7) is 1.71. The lowest BCUT2D eigenvalue weighted by Crippen LogP contribution is -2.52. The number of oxime groups is 1. The minimum Gasteiger partial charge on any atom is -0.409 e. The van der Waals surface area contributed by atoms with Crippen molar-refractivity contribution in [3.05, 3.63) is 0 Å². The van der Waals surface area contributed by atoms with Crippen LogP contribution >= 0.6 is 0 Å². The van der Waals surface area contributed by atoms with Crippen molar-refractivity contribution in [1.29, 1.82) is 0 Å². The molecule has 0 aromatic rings. The Morgan fingerprint density at radius 2 is 1.80 bits per heavy atom. The van der Waals surface area contributed by atoms with E-state index < -0.39 is 11.3 Å². The third-order valence-electron chi connectivity index (χ3n) is 3.87. The first-order valence-corrected chi connectivity index (χ1v) is 6.99. The number of rotatable bonds is 5. The van der Waals surface area contributed by atoms with E-state index in [0.29, 0.717) is 12.8 Å². The normalized spacial score (nSPS) is 20.8. The number of nitrogens with two attached hydrogens (primary N) is 2. The molecule has 0 heterocycles. The molecule has 0 aromatic heterocycles. The van der Waals surface area contributed by atoms with Crippen LogP contribution in [0.5, 0.6) is 0 Å². The summed E-state index contributed by atoms with van der Waals surface area (Å²) in [5, 5.41) is 14.8. The molecule has 1 unspecified atom stereocenters.